The fourth-order valence-corrected chi connectivity index (χ4v) is 6.82. The number of hydrogen-bond donors (Lipinski definition) is 1. The van der Waals surface area contributed by atoms with E-state index in [4.69, 9.17) is 16.5 Å². The molecular weight excluding hydrogens is 856 g/mol. The topological polar surface area (TPSA) is 55.3 Å². The van der Waals surface area contributed by atoms with Gasteiger partial charge in [0.1, 0.15) is 11.6 Å². The first-order valence-electron chi connectivity index (χ1n) is 18.5. The number of aromatic nitrogens is 3. The van der Waals surface area contributed by atoms with E-state index in [0.29, 0.717) is 17.1 Å². The Morgan fingerprint density at radius 3 is 1.87 bits per heavy atom. The van der Waals surface area contributed by atoms with Crippen LogP contribution in [-0.2, 0) is 37.3 Å². The standard InChI is InChI=1S/C49H47N4O.Pt/c1-47(2,3)35-25-33(22-34(26-35)42-19-13-14-21-51-42)41-27-32(31-23-36(48(4,5)6)29-37(24-31)49(7,8)9)28-43-45(41)52-46(40-18-11-12-20-44(40)54)53(43)39-17-15-16-38(30-39)50-10;/h11-21,23-30,54H,1-9H3;/q-1;. The van der Waals surface area contributed by atoms with Crippen molar-refractivity contribution in [2.75, 3.05) is 0 Å². The summed E-state index contributed by atoms with van der Waals surface area (Å²) in [5.41, 5.74) is 12.6. The molecule has 0 radical (unpaired) electrons. The van der Waals surface area contributed by atoms with Crippen LogP contribution in [0.4, 0.5) is 5.69 Å². The molecule has 0 aliphatic heterocycles. The first-order valence-corrected chi connectivity index (χ1v) is 18.5. The summed E-state index contributed by atoms with van der Waals surface area (Å²) < 4.78 is 2.08. The molecule has 0 bridgehead atoms. The molecule has 7 aromatic rings. The van der Waals surface area contributed by atoms with Gasteiger partial charge in [-0.05, 0) is 74.9 Å². The molecule has 0 amide bonds. The molecule has 55 heavy (non-hydrogen) atoms. The Bertz CT molecular complexity index is 2540. The second kappa shape index (κ2) is 14.7. The largest absolute Gasteiger partial charge is 0.507 e. The molecule has 7 rings (SSSR count). The van der Waals surface area contributed by atoms with Crippen molar-refractivity contribution in [1.29, 1.82) is 0 Å². The molecule has 1 N–H and O–H groups in total. The van der Waals surface area contributed by atoms with E-state index >= 15 is 0 Å². The number of benzene rings is 5. The van der Waals surface area contributed by atoms with Crippen molar-refractivity contribution in [3.05, 3.63) is 150 Å². The third-order valence-electron chi connectivity index (χ3n) is 10.1. The van der Waals surface area contributed by atoms with Crippen LogP contribution >= 0.6 is 0 Å². The fourth-order valence-electron chi connectivity index (χ4n) is 6.82. The van der Waals surface area contributed by atoms with Gasteiger partial charge < -0.3 is 5.11 Å². The van der Waals surface area contributed by atoms with Crippen LogP contribution < -0.4 is 0 Å². The van der Waals surface area contributed by atoms with Gasteiger partial charge in [-0.15, -0.1) is 29.3 Å². The summed E-state index contributed by atoms with van der Waals surface area (Å²) >= 11 is 0. The molecule has 6 heteroatoms. The molecule has 280 valence electrons. The quantitative estimate of drug-likeness (QED) is 0.175. The Morgan fingerprint density at radius 2 is 1.25 bits per heavy atom. The van der Waals surface area contributed by atoms with Crippen LogP contribution in [-0.4, -0.2) is 19.6 Å². The van der Waals surface area contributed by atoms with Crippen LogP contribution in [0.15, 0.2) is 115 Å². The maximum absolute atomic E-state index is 11.3. The van der Waals surface area contributed by atoms with Crippen LogP contribution in [0.3, 0.4) is 0 Å². The second-order valence-electron chi connectivity index (χ2n) is 17.3. The Kier molecular flexibility index (Phi) is 10.6. The molecule has 0 atom stereocenters. The summed E-state index contributed by atoms with van der Waals surface area (Å²) in [6.45, 7) is 28.1. The number of para-hydroxylation sites is 1. The first kappa shape index (κ1) is 39.4. The van der Waals surface area contributed by atoms with Crippen molar-refractivity contribution in [2.24, 2.45) is 0 Å². The average molecular weight is 903 g/mol. The number of rotatable bonds is 5. The summed E-state index contributed by atoms with van der Waals surface area (Å²) in [6, 6.07) is 40.5. The van der Waals surface area contributed by atoms with Gasteiger partial charge in [-0.1, -0.05) is 134 Å². The number of phenols is 1. The van der Waals surface area contributed by atoms with E-state index in [0.717, 1.165) is 55.8 Å². The van der Waals surface area contributed by atoms with Gasteiger partial charge in [0, 0.05) is 38.6 Å². The number of imidazole rings is 1. The zero-order valence-electron chi connectivity index (χ0n) is 33.0. The van der Waals surface area contributed by atoms with Crippen molar-refractivity contribution in [1.82, 2.24) is 14.5 Å². The third-order valence-corrected chi connectivity index (χ3v) is 10.1. The number of nitrogens with zero attached hydrogens (tertiary/aromatic N) is 4. The number of pyridine rings is 1. The van der Waals surface area contributed by atoms with Crippen molar-refractivity contribution >= 4 is 16.7 Å². The first-order chi connectivity index (χ1) is 25.5. The minimum absolute atomic E-state index is 0. The van der Waals surface area contributed by atoms with E-state index in [1.165, 1.54) is 11.1 Å². The van der Waals surface area contributed by atoms with Crippen molar-refractivity contribution < 1.29 is 26.2 Å². The zero-order valence-corrected chi connectivity index (χ0v) is 35.3. The molecule has 0 aliphatic carbocycles. The van der Waals surface area contributed by atoms with Crippen LogP contribution in [0.2, 0.25) is 0 Å². The van der Waals surface area contributed by atoms with E-state index in [1.54, 1.807) is 6.07 Å². The van der Waals surface area contributed by atoms with Crippen LogP contribution in [0.25, 0.3) is 66.5 Å². The molecule has 0 aliphatic rings. The van der Waals surface area contributed by atoms with Gasteiger partial charge in [-0.2, -0.15) is 0 Å². The van der Waals surface area contributed by atoms with Gasteiger partial charge in [-0.3, -0.25) is 9.55 Å². The number of phenolic OH excluding ortho intramolecular Hbond substituents is 1. The number of hydrogen-bond acceptors (Lipinski definition) is 3. The van der Waals surface area contributed by atoms with E-state index in [-0.39, 0.29) is 43.1 Å². The van der Waals surface area contributed by atoms with Gasteiger partial charge in [0.15, 0.2) is 5.69 Å². The molecular formula is C49H47N4OPt-. The summed E-state index contributed by atoms with van der Waals surface area (Å²) in [6.07, 6.45) is 1.82. The van der Waals surface area contributed by atoms with Gasteiger partial charge in [0.2, 0.25) is 0 Å². The SMILES string of the molecule is [C-]#[N+]c1cccc(-n2c(-c3ccccc3O)nc3c(-c4[c-]c(-c5ccccn5)cc(C(C)(C)C)c4)cc(-c4cc(C(C)(C)C)cc(C(C)(C)C)c4)cc32)c1.[Pt]. The van der Waals surface area contributed by atoms with Crippen LogP contribution in [0, 0.1) is 12.6 Å². The molecule has 0 spiro atoms. The monoisotopic (exact) mass is 902 g/mol. The smallest absolute Gasteiger partial charge is 0.189 e. The molecule has 5 aromatic carbocycles. The number of aromatic hydroxyl groups is 1. The number of fused-ring (bicyclic) bond motifs is 1. The summed E-state index contributed by atoms with van der Waals surface area (Å²) in [7, 11) is 0. The summed E-state index contributed by atoms with van der Waals surface area (Å²) in [5, 5.41) is 11.3. The maximum Gasteiger partial charge on any atom is 0.189 e. The Balaban J connectivity index is 0.00000514. The average Bonchev–Trinajstić information content (AvgIpc) is 3.53. The van der Waals surface area contributed by atoms with Gasteiger partial charge in [0.05, 0.1) is 23.2 Å². The molecule has 2 aromatic heterocycles. The minimum atomic E-state index is -0.159. The van der Waals surface area contributed by atoms with Gasteiger partial charge in [-0.25, -0.2) is 9.83 Å². The van der Waals surface area contributed by atoms with Crippen LogP contribution in [0.1, 0.15) is 79.0 Å². The predicted molar refractivity (Wildman–Crippen MR) is 223 cm³/mol. The molecule has 5 nitrogen and oxygen atoms in total. The van der Waals surface area contributed by atoms with Crippen molar-refractivity contribution in [2.45, 2.75) is 78.6 Å². The molecule has 0 saturated heterocycles. The molecule has 0 saturated carbocycles. The van der Waals surface area contributed by atoms with Crippen LogP contribution in [0.5, 0.6) is 5.75 Å². The third kappa shape index (κ3) is 7.93. The minimum Gasteiger partial charge on any atom is -0.507 e. The zero-order chi connectivity index (χ0) is 38.6. The predicted octanol–water partition coefficient (Wildman–Crippen LogP) is 13.0. The van der Waals surface area contributed by atoms with Gasteiger partial charge in [0.25, 0.3) is 0 Å². The molecule has 0 unspecified atom stereocenters. The fraction of sp³-hybridized carbons (Fsp3) is 0.245. The maximum atomic E-state index is 11.3. The van der Waals surface area contributed by atoms with Crippen molar-refractivity contribution in [3.8, 4) is 56.3 Å². The Hall–Kier alpha value is -5.30. The Labute approximate surface area is 340 Å². The second-order valence-corrected chi connectivity index (χ2v) is 17.3. The summed E-state index contributed by atoms with van der Waals surface area (Å²) in [5.74, 6) is 0.711. The normalized spacial score (nSPS) is 12.0. The molecule has 2 heterocycles. The van der Waals surface area contributed by atoms with Crippen molar-refractivity contribution in [3.63, 3.8) is 0 Å². The van der Waals surface area contributed by atoms with Gasteiger partial charge >= 0.3 is 0 Å². The van der Waals surface area contributed by atoms with E-state index < -0.39 is 0 Å². The Morgan fingerprint density at radius 1 is 0.636 bits per heavy atom. The van der Waals surface area contributed by atoms with E-state index in [9.17, 15) is 5.11 Å². The molecule has 0 fully saturated rings. The summed E-state index contributed by atoms with van der Waals surface area (Å²) in [4.78, 5) is 13.9. The van der Waals surface area contributed by atoms with E-state index in [2.05, 4.69) is 120 Å². The van der Waals surface area contributed by atoms with E-state index in [1.807, 2.05) is 66.9 Å².